The van der Waals surface area contributed by atoms with Gasteiger partial charge in [0.1, 0.15) is 6.10 Å². The molecule has 1 saturated heterocycles. The summed E-state index contributed by atoms with van der Waals surface area (Å²) in [6, 6.07) is -0.0104. The number of rotatable bonds is 1. The highest BCUT2D eigenvalue weighted by Crippen LogP contribution is 2.21. The second-order valence-electron chi connectivity index (χ2n) is 3.59. The molecule has 4 nitrogen and oxygen atoms in total. The first-order valence-corrected chi connectivity index (χ1v) is 4.20. The fourth-order valence-corrected chi connectivity index (χ4v) is 1.56. The van der Waals surface area contributed by atoms with Gasteiger partial charge in [-0.15, -0.1) is 0 Å². The Balaban J connectivity index is 0.00000144. The van der Waals surface area contributed by atoms with Gasteiger partial charge in [0.2, 0.25) is 0 Å². The Labute approximate surface area is 74.2 Å². The molecule has 0 saturated carbocycles. The smallest absolute Gasteiger partial charge is 0.182 e. The lowest BCUT2D eigenvalue weighted by Gasteiger charge is -2.38. The molecule has 0 bridgehead atoms. The zero-order valence-corrected chi connectivity index (χ0v) is 7.77. The lowest BCUT2D eigenvalue weighted by molar-refractivity contribution is -0.230. The molecule has 1 heterocycles. The number of nitrogens with zero attached hydrogens (tertiary/aromatic N) is 1. The molecule has 0 radical (unpaired) electrons. The van der Waals surface area contributed by atoms with E-state index in [1.165, 1.54) is 0 Å². The van der Waals surface area contributed by atoms with E-state index in [0.717, 1.165) is 6.42 Å². The number of hydrogen-bond donors (Lipinski definition) is 2. The summed E-state index contributed by atoms with van der Waals surface area (Å²) in [6.45, 7) is 1.89. The number of aliphatic hydroxyl groups is 2. The standard InChI is InChI=1S/C8H17NO3.H2/c1-5-4-6(9(2)3)7(10)8(11)12-5;/h5-8,10-11H,4H2,1-3H3;1H/t5-,6?,7?,8-;/m1./s1. The van der Waals surface area contributed by atoms with Crippen LogP contribution in [0.4, 0.5) is 0 Å². The summed E-state index contributed by atoms with van der Waals surface area (Å²) in [5.41, 5.74) is 0. The normalized spacial score (nSPS) is 43.5. The van der Waals surface area contributed by atoms with Crippen molar-refractivity contribution in [1.82, 2.24) is 4.90 Å². The second kappa shape index (κ2) is 3.70. The predicted octanol–water partition coefficient (Wildman–Crippen LogP) is -0.349. The highest BCUT2D eigenvalue weighted by atomic mass is 16.6. The van der Waals surface area contributed by atoms with Gasteiger partial charge in [0.15, 0.2) is 6.29 Å². The lowest BCUT2D eigenvalue weighted by atomic mass is 9.99. The molecule has 0 aromatic carbocycles. The van der Waals surface area contributed by atoms with Gasteiger partial charge in [-0.3, -0.25) is 0 Å². The molecule has 1 aliphatic rings. The van der Waals surface area contributed by atoms with Crippen molar-refractivity contribution in [3.8, 4) is 0 Å². The third-order valence-corrected chi connectivity index (χ3v) is 2.29. The minimum Gasteiger partial charge on any atom is -0.386 e. The van der Waals surface area contributed by atoms with Crippen molar-refractivity contribution in [2.24, 2.45) is 0 Å². The van der Waals surface area contributed by atoms with Crippen LogP contribution in [0.15, 0.2) is 0 Å². The van der Waals surface area contributed by atoms with Crippen molar-refractivity contribution in [3.05, 3.63) is 0 Å². The Hall–Kier alpha value is -0.160. The lowest BCUT2D eigenvalue weighted by Crippen LogP contribution is -2.53. The zero-order chi connectivity index (χ0) is 9.30. The van der Waals surface area contributed by atoms with Crippen LogP contribution in [0.25, 0.3) is 0 Å². The highest BCUT2D eigenvalue weighted by molar-refractivity contribution is 4.84. The van der Waals surface area contributed by atoms with Crippen LogP contribution in [0.5, 0.6) is 0 Å². The van der Waals surface area contributed by atoms with Gasteiger partial charge in [-0.2, -0.15) is 0 Å². The van der Waals surface area contributed by atoms with E-state index in [-0.39, 0.29) is 13.6 Å². The van der Waals surface area contributed by atoms with E-state index < -0.39 is 12.4 Å². The SMILES string of the molecule is C[C@@H]1CC(N(C)C)C(O)[C@H](O)O1.[HH]. The van der Waals surface area contributed by atoms with Crippen LogP contribution < -0.4 is 0 Å². The molecule has 4 atom stereocenters. The Kier molecular flexibility index (Phi) is 3.06. The Morgan fingerprint density at radius 2 is 2.00 bits per heavy atom. The van der Waals surface area contributed by atoms with Crippen molar-refractivity contribution in [1.29, 1.82) is 0 Å². The van der Waals surface area contributed by atoms with Crippen LogP contribution in [0.2, 0.25) is 0 Å². The molecular weight excluding hydrogens is 158 g/mol. The first kappa shape index (κ1) is 9.92. The second-order valence-corrected chi connectivity index (χ2v) is 3.59. The fraction of sp³-hybridized carbons (Fsp3) is 1.00. The number of hydrogen-bond acceptors (Lipinski definition) is 4. The highest BCUT2D eigenvalue weighted by Gasteiger charge is 2.35. The molecule has 0 aromatic rings. The van der Waals surface area contributed by atoms with Gasteiger partial charge < -0.3 is 19.8 Å². The monoisotopic (exact) mass is 177 g/mol. The Morgan fingerprint density at radius 1 is 1.42 bits per heavy atom. The molecular formula is C8H19NO3. The van der Waals surface area contributed by atoms with E-state index in [2.05, 4.69) is 0 Å². The quantitative estimate of drug-likeness (QED) is 0.575. The van der Waals surface area contributed by atoms with E-state index >= 15 is 0 Å². The number of likely N-dealkylation sites (N-methyl/N-ethyl adjacent to an activating group) is 1. The van der Waals surface area contributed by atoms with Gasteiger partial charge in [0.05, 0.1) is 6.10 Å². The van der Waals surface area contributed by atoms with Gasteiger partial charge in [0.25, 0.3) is 0 Å². The first-order valence-electron chi connectivity index (χ1n) is 4.20. The largest absolute Gasteiger partial charge is 0.386 e. The van der Waals surface area contributed by atoms with E-state index in [9.17, 15) is 10.2 Å². The molecule has 2 N–H and O–H groups in total. The van der Waals surface area contributed by atoms with Crippen molar-refractivity contribution in [2.75, 3.05) is 14.1 Å². The van der Waals surface area contributed by atoms with Crippen LogP contribution in [0, 0.1) is 0 Å². The van der Waals surface area contributed by atoms with Crippen LogP contribution in [-0.2, 0) is 4.74 Å². The summed E-state index contributed by atoms with van der Waals surface area (Å²) in [5.74, 6) is 0. The predicted molar refractivity (Wildman–Crippen MR) is 46.8 cm³/mol. The summed E-state index contributed by atoms with van der Waals surface area (Å²) in [7, 11) is 3.78. The molecule has 2 unspecified atom stereocenters. The van der Waals surface area contributed by atoms with Crippen LogP contribution >= 0.6 is 0 Å². The summed E-state index contributed by atoms with van der Waals surface area (Å²) in [5, 5.41) is 18.8. The molecule has 1 rings (SSSR count). The summed E-state index contributed by atoms with van der Waals surface area (Å²) in [6.07, 6.45) is -1.07. The molecule has 1 aliphatic heterocycles. The summed E-state index contributed by atoms with van der Waals surface area (Å²) < 4.78 is 5.06. The van der Waals surface area contributed by atoms with Crippen molar-refractivity contribution >= 4 is 0 Å². The maximum atomic E-state index is 9.51. The van der Waals surface area contributed by atoms with Crippen LogP contribution in [-0.4, -0.2) is 53.7 Å². The number of ether oxygens (including phenoxy) is 1. The molecule has 0 amide bonds. The maximum Gasteiger partial charge on any atom is 0.182 e. The van der Waals surface area contributed by atoms with Gasteiger partial charge >= 0.3 is 0 Å². The summed E-state index contributed by atoms with van der Waals surface area (Å²) >= 11 is 0. The number of aliphatic hydroxyl groups excluding tert-OH is 2. The van der Waals surface area contributed by atoms with E-state index in [0.29, 0.717) is 0 Å². The summed E-state index contributed by atoms with van der Waals surface area (Å²) in [4.78, 5) is 1.91. The van der Waals surface area contributed by atoms with Crippen LogP contribution in [0.1, 0.15) is 14.8 Å². The molecule has 0 aliphatic carbocycles. The fourth-order valence-electron chi connectivity index (χ4n) is 1.56. The molecule has 0 spiro atoms. The minimum absolute atomic E-state index is 0. The molecule has 4 heteroatoms. The molecule has 1 fully saturated rings. The van der Waals surface area contributed by atoms with Gasteiger partial charge in [-0.1, -0.05) is 0 Å². The maximum absolute atomic E-state index is 9.51. The van der Waals surface area contributed by atoms with Crippen molar-refractivity contribution in [2.45, 2.75) is 37.9 Å². The van der Waals surface area contributed by atoms with Gasteiger partial charge in [0, 0.05) is 7.47 Å². The third-order valence-electron chi connectivity index (χ3n) is 2.29. The Morgan fingerprint density at radius 3 is 2.50 bits per heavy atom. The third kappa shape index (κ3) is 1.95. The minimum atomic E-state index is -1.04. The van der Waals surface area contributed by atoms with E-state index in [4.69, 9.17) is 4.74 Å². The zero-order valence-electron chi connectivity index (χ0n) is 7.77. The van der Waals surface area contributed by atoms with Gasteiger partial charge in [-0.05, 0) is 27.4 Å². The van der Waals surface area contributed by atoms with E-state index in [1.807, 2.05) is 25.9 Å². The average molecular weight is 177 g/mol. The first-order chi connectivity index (χ1) is 5.52. The molecule has 74 valence electrons. The topological polar surface area (TPSA) is 52.9 Å². The van der Waals surface area contributed by atoms with Crippen molar-refractivity contribution in [3.63, 3.8) is 0 Å². The Bertz CT molecular complexity index is 156. The van der Waals surface area contributed by atoms with E-state index in [1.54, 1.807) is 0 Å². The van der Waals surface area contributed by atoms with Crippen LogP contribution in [0.3, 0.4) is 0 Å². The average Bonchev–Trinajstić information content (AvgIpc) is 1.96. The van der Waals surface area contributed by atoms with Crippen molar-refractivity contribution < 1.29 is 16.4 Å². The van der Waals surface area contributed by atoms with Gasteiger partial charge in [-0.25, -0.2) is 0 Å². The molecule has 12 heavy (non-hydrogen) atoms. The molecule has 0 aromatic heterocycles.